The molecule has 0 aliphatic heterocycles. The number of aromatic hydroxyl groups is 1. The molecule has 0 fully saturated rings. The minimum absolute atomic E-state index is 0.0255. The van der Waals surface area contributed by atoms with E-state index < -0.39 is 127 Å². The smallest absolute Gasteiger partial charge is 0.305 e. The quantitative estimate of drug-likeness (QED) is 0.0306. The van der Waals surface area contributed by atoms with Gasteiger partial charge in [0.2, 0.25) is 47.3 Å². The maximum Gasteiger partial charge on any atom is 0.305 e. The first-order chi connectivity index (χ1) is 37.6. The molecule has 4 aromatic carbocycles. The number of benzene rings is 4. The Morgan fingerprint density at radius 1 is 0.620 bits per heavy atom. The van der Waals surface area contributed by atoms with Gasteiger partial charge in [-0.15, -0.1) is 0 Å². The van der Waals surface area contributed by atoms with E-state index in [0.29, 0.717) is 40.5 Å². The van der Waals surface area contributed by atoms with Gasteiger partial charge in [0.1, 0.15) is 42.0 Å². The maximum atomic E-state index is 14.8. The number of unbranched alkanes of at least 4 members (excludes halogenated alkanes) is 1. The van der Waals surface area contributed by atoms with Gasteiger partial charge in [-0.05, 0) is 46.9 Å². The van der Waals surface area contributed by atoms with E-state index in [9.17, 15) is 63.3 Å². The number of carboxylic acid groups (broad SMARTS) is 2. The fourth-order valence-corrected chi connectivity index (χ4v) is 8.79. The van der Waals surface area contributed by atoms with Crippen molar-refractivity contribution in [3.05, 3.63) is 138 Å². The average molecular weight is 1090 g/mol. The van der Waals surface area contributed by atoms with Gasteiger partial charge in [-0.3, -0.25) is 47.9 Å². The average Bonchev–Trinajstić information content (AvgIpc) is 3.85. The van der Waals surface area contributed by atoms with E-state index in [1.54, 1.807) is 92.0 Å². The van der Waals surface area contributed by atoms with Gasteiger partial charge < -0.3 is 68.6 Å². The van der Waals surface area contributed by atoms with Crippen LogP contribution < -0.4 is 43.4 Å². The number of amides is 8. The lowest BCUT2D eigenvalue weighted by Gasteiger charge is -2.32. The molecule has 0 saturated heterocycles. The molecule has 0 spiro atoms. The molecule has 8 atom stereocenters. The zero-order valence-corrected chi connectivity index (χ0v) is 44.0. The van der Waals surface area contributed by atoms with Gasteiger partial charge in [0.05, 0.1) is 25.4 Å². The van der Waals surface area contributed by atoms with Gasteiger partial charge in [-0.1, -0.05) is 118 Å². The molecule has 5 aromatic rings. The van der Waals surface area contributed by atoms with Gasteiger partial charge in [0.15, 0.2) is 0 Å². The first-order valence-corrected chi connectivity index (χ1v) is 25.6. The first-order valence-electron chi connectivity index (χ1n) is 25.6. The number of H-pyrrole nitrogens is 1. The van der Waals surface area contributed by atoms with Crippen LogP contribution in [0.15, 0.2) is 115 Å². The van der Waals surface area contributed by atoms with Gasteiger partial charge in [-0.25, -0.2) is 0 Å². The summed E-state index contributed by atoms with van der Waals surface area (Å²) >= 11 is 0. The largest absolute Gasteiger partial charge is 0.508 e. The zero-order valence-electron chi connectivity index (χ0n) is 44.0. The number of fused-ring (bicyclic) bond motifs is 1. The Morgan fingerprint density at radius 3 is 1.82 bits per heavy atom. The molecule has 0 bridgehead atoms. The SMILES string of the molecule is CCCCC(C(=O)NC(CC(=O)O)C(=O)NC(Cc1ccccc1)C(N)=O)N(C)C(=O)C(Cc1c[nH]c2ccccc12)NC(=O)CNC(=O)C(NC(=O)C(Cc1ccc(O)cc1)NC(=O)C(N)CC(=O)O)C(C)c1ccccc1. The second kappa shape index (κ2) is 29.4. The van der Waals surface area contributed by atoms with Crippen LogP contribution in [0, 0.1) is 0 Å². The number of carboxylic acids is 2. The van der Waals surface area contributed by atoms with Crippen LogP contribution in [0.5, 0.6) is 5.75 Å². The van der Waals surface area contributed by atoms with Gasteiger partial charge in [0.25, 0.3) is 0 Å². The molecule has 14 N–H and O–H groups in total. The number of para-hydroxylation sites is 1. The number of nitrogens with two attached hydrogens (primary N) is 2. The minimum Gasteiger partial charge on any atom is -0.508 e. The number of aliphatic carboxylic acids is 2. The lowest BCUT2D eigenvalue weighted by molar-refractivity contribution is -0.144. The number of likely N-dealkylation sites (N-methyl/N-ethyl adjacent to an activating group) is 1. The predicted octanol–water partition coefficient (Wildman–Crippen LogP) is 1.02. The molecule has 8 unspecified atom stereocenters. The van der Waals surface area contributed by atoms with Crippen molar-refractivity contribution in [1.29, 1.82) is 0 Å². The van der Waals surface area contributed by atoms with Crippen molar-refractivity contribution < 1.29 is 63.3 Å². The monoisotopic (exact) mass is 1090 g/mol. The Morgan fingerprint density at radius 2 is 1.19 bits per heavy atom. The Bertz CT molecular complexity index is 2940. The molecule has 8 amide bonds. The normalized spacial score (nSPS) is 14.1. The Kier molecular flexibility index (Phi) is 22.6. The number of phenols is 1. The van der Waals surface area contributed by atoms with Crippen molar-refractivity contribution in [3.63, 3.8) is 0 Å². The van der Waals surface area contributed by atoms with E-state index in [1.165, 1.54) is 31.3 Å². The number of primary amides is 1. The number of rotatable bonds is 30. The number of nitrogens with one attached hydrogen (secondary N) is 7. The summed E-state index contributed by atoms with van der Waals surface area (Å²) in [6.45, 7) is 2.75. The Balaban J connectivity index is 1.39. The number of nitrogens with zero attached hydrogens (tertiary/aromatic N) is 1. The van der Waals surface area contributed by atoms with Crippen LogP contribution >= 0.6 is 0 Å². The van der Waals surface area contributed by atoms with E-state index >= 15 is 0 Å². The molecule has 5 rings (SSSR count). The number of carbonyl (C=O) groups excluding carboxylic acids is 8. The summed E-state index contributed by atoms with van der Waals surface area (Å²) in [7, 11) is 1.32. The molecule has 0 saturated carbocycles. The van der Waals surface area contributed by atoms with Crippen molar-refractivity contribution >= 4 is 70.1 Å². The van der Waals surface area contributed by atoms with Gasteiger partial charge in [0, 0.05) is 49.3 Å². The highest BCUT2D eigenvalue weighted by Crippen LogP contribution is 2.22. The fraction of sp³-hybridized carbons (Fsp3) is 0.357. The number of aromatic amines is 1. The lowest BCUT2D eigenvalue weighted by atomic mass is 9.92. The second-order valence-electron chi connectivity index (χ2n) is 19.1. The molecule has 23 nitrogen and oxygen atoms in total. The summed E-state index contributed by atoms with van der Waals surface area (Å²) < 4.78 is 0. The third-order valence-electron chi connectivity index (χ3n) is 13.2. The number of phenolic OH excluding ortho intramolecular Hbond substituents is 1. The molecular formula is C56H68N10O13. The predicted molar refractivity (Wildman–Crippen MR) is 289 cm³/mol. The highest BCUT2D eigenvalue weighted by Gasteiger charge is 2.37. The lowest BCUT2D eigenvalue weighted by Crippen LogP contribution is -2.59. The molecule has 0 radical (unpaired) electrons. The van der Waals surface area contributed by atoms with Crippen molar-refractivity contribution in [2.24, 2.45) is 11.5 Å². The summed E-state index contributed by atoms with van der Waals surface area (Å²) in [4.78, 5) is 139. The van der Waals surface area contributed by atoms with E-state index in [0.717, 1.165) is 10.4 Å². The molecule has 79 heavy (non-hydrogen) atoms. The van der Waals surface area contributed by atoms with Crippen molar-refractivity contribution in [3.8, 4) is 5.75 Å². The third kappa shape index (κ3) is 18.3. The van der Waals surface area contributed by atoms with Crippen LogP contribution in [0.3, 0.4) is 0 Å². The number of carbonyl (C=O) groups is 10. The summed E-state index contributed by atoms with van der Waals surface area (Å²) in [5.41, 5.74) is 14.5. The molecule has 0 aliphatic rings. The zero-order chi connectivity index (χ0) is 57.8. The van der Waals surface area contributed by atoms with Crippen LogP contribution in [0.4, 0.5) is 0 Å². The summed E-state index contributed by atoms with van der Waals surface area (Å²) in [6.07, 6.45) is 0.649. The van der Waals surface area contributed by atoms with Crippen LogP contribution in [0.1, 0.15) is 74.1 Å². The highest BCUT2D eigenvalue weighted by molar-refractivity contribution is 5.98. The number of hydrogen-bond donors (Lipinski definition) is 12. The summed E-state index contributed by atoms with van der Waals surface area (Å²) in [5.74, 6) is -10.8. The van der Waals surface area contributed by atoms with E-state index in [1.807, 2.05) is 13.0 Å². The Labute approximate surface area is 455 Å². The van der Waals surface area contributed by atoms with Crippen molar-refractivity contribution in [2.45, 2.75) is 113 Å². The van der Waals surface area contributed by atoms with E-state index in [2.05, 4.69) is 36.9 Å². The Hall–Kier alpha value is -9.12. The first kappa shape index (κ1) is 60.7. The van der Waals surface area contributed by atoms with E-state index in [4.69, 9.17) is 11.5 Å². The number of aromatic nitrogens is 1. The third-order valence-corrected chi connectivity index (χ3v) is 13.2. The van der Waals surface area contributed by atoms with Gasteiger partial charge in [-0.2, -0.15) is 0 Å². The molecular weight excluding hydrogens is 1020 g/mol. The number of hydrogen-bond acceptors (Lipinski definition) is 12. The summed E-state index contributed by atoms with van der Waals surface area (Å²) in [6, 6.07) is 20.0. The molecule has 23 heteroatoms. The molecule has 1 heterocycles. The topological polar surface area (TPSA) is 375 Å². The van der Waals surface area contributed by atoms with E-state index in [-0.39, 0.29) is 31.4 Å². The highest BCUT2D eigenvalue weighted by atomic mass is 16.4. The van der Waals surface area contributed by atoms with Crippen molar-refractivity contribution in [1.82, 2.24) is 41.8 Å². The molecule has 1 aromatic heterocycles. The standard InChI is InChI=1S/C56H68N10O13/c1-4-5-20-45(54(77)64-43(29-48(71)72)52(75)62-41(50(58)73)25-33-14-8-6-9-15-33)66(3)56(79)44(27-36-30-59-40-19-13-12-18-38(36)40)61-46(68)31-60-55(78)49(32(2)35-16-10-7-11-17-35)65-53(76)42(26-34-21-23-37(67)24-22-34)63-51(74)39(57)28-47(69)70/h6-19,21-24,30,32,39,41-45,49,59,67H,4-5,20,25-29,31,57H2,1-3H3,(H2,58,73)(H,60,78)(H,61,68)(H,62,75)(H,63,74)(H,64,77)(H,65,76)(H,69,70)(H,71,72). The van der Waals surface area contributed by atoms with Crippen LogP contribution in [0.25, 0.3) is 10.9 Å². The summed E-state index contributed by atoms with van der Waals surface area (Å²) in [5, 5.41) is 45.0. The van der Waals surface area contributed by atoms with Crippen molar-refractivity contribution in [2.75, 3.05) is 13.6 Å². The fourth-order valence-electron chi connectivity index (χ4n) is 8.79. The van der Waals surface area contributed by atoms with Crippen LogP contribution in [-0.4, -0.2) is 140 Å². The second-order valence-corrected chi connectivity index (χ2v) is 19.1. The molecule has 0 aliphatic carbocycles. The maximum absolute atomic E-state index is 14.8. The van der Waals surface area contributed by atoms with Crippen LogP contribution in [-0.2, 0) is 67.2 Å². The molecule has 420 valence electrons. The minimum atomic E-state index is -1.72. The van der Waals surface area contributed by atoms with Crippen LogP contribution in [0.2, 0.25) is 0 Å². The van der Waals surface area contributed by atoms with Gasteiger partial charge >= 0.3 is 11.9 Å².